The molecule has 0 saturated carbocycles. The molecule has 0 aromatic heterocycles. The first-order chi connectivity index (χ1) is 5.59. The predicted octanol–water partition coefficient (Wildman–Crippen LogP) is 0.777. The van der Waals surface area contributed by atoms with Gasteiger partial charge in [0.25, 0.3) is 0 Å². The van der Waals surface area contributed by atoms with E-state index in [9.17, 15) is 9.59 Å². The van der Waals surface area contributed by atoms with Gasteiger partial charge in [-0.3, -0.25) is 0 Å². The number of unbranched alkanes of at least 4 members (excludes halogenated alkanes) is 1. The van der Waals surface area contributed by atoms with Crippen LogP contribution >= 0.6 is 0 Å². The van der Waals surface area contributed by atoms with Gasteiger partial charge in [0.15, 0.2) is 0 Å². The molecule has 6 heteroatoms. The monoisotopic (exact) mass is 176 g/mol. The zero-order valence-electron chi connectivity index (χ0n) is 6.82. The molecule has 3 N–H and O–H groups in total. The van der Waals surface area contributed by atoms with Gasteiger partial charge in [0, 0.05) is 0 Å². The van der Waals surface area contributed by atoms with Crippen molar-refractivity contribution in [3.63, 3.8) is 0 Å². The summed E-state index contributed by atoms with van der Waals surface area (Å²) in [5, 5.41) is 8.22. The first kappa shape index (κ1) is 10.7. The van der Waals surface area contributed by atoms with Crippen LogP contribution in [0.2, 0.25) is 0 Å². The lowest BCUT2D eigenvalue weighted by molar-refractivity contribution is 0.0936. The van der Waals surface area contributed by atoms with Crippen molar-refractivity contribution in [3.8, 4) is 0 Å². The smallest absolute Gasteiger partial charge is 0.434 e. The Morgan fingerprint density at radius 1 is 1.58 bits per heavy atom. The topological polar surface area (TPSA) is 92.9 Å². The molecule has 0 heterocycles. The molecule has 0 aliphatic rings. The number of carboxylic acid groups (broad SMARTS) is 1. The van der Waals surface area contributed by atoms with Gasteiger partial charge in [-0.15, -0.1) is 5.01 Å². The number of hydrazine groups is 1. The van der Waals surface area contributed by atoms with Crippen LogP contribution in [0.5, 0.6) is 0 Å². The van der Waals surface area contributed by atoms with Crippen molar-refractivity contribution in [1.82, 2.24) is 5.01 Å². The van der Waals surface area contributed by atoms with Crippen molar-refractivity contribution in [1.29, 1.82) is 0 Å². The molecule has 0 aliphatic carbocycles. The van der Waals surface area contributed by atoms with Crippen molar-refractivity contribution in [3.05, 3.63) is 0 Å². The SMILES string of the molecule is CCCCOC(=O)N(N)C(=O)O. The maximum absolute atomic E-state index is 10.7. The molecule has 0 saturated heterocycles. The van der Waals surface area contributed by atoms with Gasteiger partial charge in [-0.1, -0.05) is 13.3 Å². The highest BCUT2D eigenvalue weighted by Crippen LogP contribution is 1.92. The second-order valence-corrected chi connectivity index (χ2v) is 2.12. The van der Waals surface area contributed by atoms with Gasteiger partial charge in [-0.2, -0.15) is 0 Å². The quantitative estimate of drug-likeness (QED) is 0.287. The van der Waals surface area contributed by atoms with E-state index in [4.69, 9.17) is 10.9 Å². The summed E-state index contributed by atoms with van der Waals surface area (Å²) in [6.45, 7) is 2.11. The average Bonchev–Trinajstić information content (AvgIpc) is 2.03. The standard InChI is InChI=1S/C6H12N2O4/c1-2-3-4-12-6(11)8(7)5(9)10/h2-4,7H2,1H3,(H,9,10). The molecule has 0 atom stereocenters. The molecule has 12 heavy (non-hydrogen) atoms. The Morgan fingerprint density at radius 3 is 2.58 bits per heavy atom. The maximum Gasteiger partial charge on any atom is 0.434 e. The summed E-state index contributed by atoms with van der Waals surface area (Å²) >= 11 is 0. The molecular formula is C6H12N2O4. The first-order valence-corrected chi connectivity index (χ1v) is 3.54. The third kappa shape index (κ3) is 3.77. The van der Waals surface area contributed by atoms with Crippen LogP contribution in [-0.2, 0) is 4.74 Å². The number of nitrogens with zero attached hydrogens (tertiary/aromatic N) is 1. The van der Waals surface area contributed by atoms with Gasteiger partial charge in [-0.25, -0.2) is 15.4 Å². The molecule has 2 amide bonds. The van der Waals surface area contributed by atoms with Crippen molar-refractivity contribution in [2.45, 2.75) is 19.8 Å². The predicted molar refractivity (Wildman–Crippen MR) is 40.3 cm³/mol. The summed E-state index contributed by atoms with van der Waals surface area (Å²) in [5.41, 5.74) is 0. The highest BCUT2D eigenvalue weighted by molar-refractivity contribution is 5.85. The molecule has 0 aromatic carbocycles. The van der Waals surface area contributed by atoms with Crippen LogP contribution in [0.1, 0.15) is 19.8 Å². The lowest BCUT2D eigenvalue weighted by Gasteiger charge is -2.09. The Morgan fingerprint density at radius 2 is 2.17 bits per heavy atom. The fourth-order valence-electron chi connectivity index (χ4n) is 0.451. The van der Waals surface area contributed by atoms with Crippen molar-refractivity contribution >= 4 is 12.2 Å². The Labute approximate surface area is 69.9 Å². The minimum absolute atomic E-state index is 0.00958. The lowest BCUT2D eigenvalue weighted by Crippen LogP contribution is -2.42. The second-order valence-electron chi connectivity index (χ2n) is 2.12. The fourth-order valence-corrected chi connectivity index (χ4v) is 0.451. The number of carbonyl (C=O) groups is 2. The van der Waals surface area contributed by atoms with Gasteiger partial charge in [-0.05, 0) is 6.42 Å². The molecule has 6 nitrogen and oxygen atoms in total. The second kappa shape index (κ2) is 5.36. The van der Waals surface area contributed by atoms with Crippen molar-refractivity contribution in [2.24, 2.45) is 5.84 Å². The third-order valence-corrected chi connectivity index (χ3v) is 1.13. The highest BCUT2D eigenvalue weighted by Gasteiger charge is 2.16. The Hall–Kier alpha value is -1.30. The number of imide groups is 1. The molecule has 0 rings (SSSR count). The zero-order chi connectivity index (χ0) is 9.56. The number of amides is 2. The number of nitrogens with two attached hydrogens (primary N) is 1. The number of ether oxygens (including phenoxy) is 1. The van der Waals surface area contributed by atoms with E-state index < -0.39 is 12.2 Å². The van der Waals surface area contributed by atoms with Gasteiger partial charge in [0.2, 0.25) is 0 Å². The van der Waals surface area contributed by atoms with Crippen LogP contribution in [0.4, 0.5) is 9.59 Å². The van der Waals surface area contributed by atoms with E-state index >= 15 is 0 Å². The van der Waals surface area contributed by atoms with Crippen molar-refractivity contribution < 1.29 is 19.4 Å². The number of carbonyl (C=O) groups excluding carboxylic acids is 1. The van der Waals surface area contributed by atoms with Crippen molar-refractivity contribution in [2.75, 3.05) is 6.61 Å². The summed E-state index contributed by atoms with van der Waals surface area (Å²) in [6.07, 6.45) is -1.02. The number of hydrogen-bond donors (Lipinski definition) is 2. The summed E-state index contributed by atoms with van der Waals surface area (Å²) in [7, 11) is 0. The molecule has 70 valence electrons. The summed E-state index contributed by atoms with van der Waals surface area (Å²) in [4.78, 5) is 20.7. The largest absolute Gasteiger partial charge is 0.464 e. The lowest BCUT2D eigenvalue weighted by atomic mass is 10.4. The van der Waals surface area contributed by atoms with Gasteiger partial charge in [0.1, 0.15) is 0 Å². The van der Waals surface area contributed by atoms with Crippen LogP contribution in [0.25, 0.3) is 0 Å². The average molecular weight is 176 g/mol. The molecular weight excluding hydrogens is 164 g/mol. The van der Waals surface area contributed by atoms with E-state index in [-0.39, 0.29) is 11.6 Å². The minimum atomic E-state index is -1.53. The minimum Gasteiger partial charge on any atom is -0.464 e. The maximum atomic E-state index is 10.7. The number of rotatable bonds is 3. The normalized spacial score (nSPS) is 9.17. The Bertz CT molecular complexity index is 171. The summed E-state index contributed by atoms with van der Waals surface area (Å²) in [5.74, 6) is 4.80. The van der Waals surface area contributed by atoms with E-state index in [2.05, 4.69) is 4.74 Å². The van der Waals surface area contributed by atoms with Gasteiger partial charge in [0.05, 0.1) is 6.61 Å². The molecule has 0 fully saturated rings. The molecule has 0 unspecified atom stereocenters. The Kier molecular flexibility index (Phi) is 4.78. The summed E-state index contributed by atoms with van der Waals surface area (Å²) in [6, 6.07) is 0. The highest BCUT2D eigenvalue weighted by atomic mass is 16.6. The van der Waals surface area contributed by atoms with Crippen LogP contribution in [0.3, 0.4) is 0 Å². The molecule has 0 radical (unpaired) electrons. The van der Waals surface area contributed by atoms with E-state index in [0.717, 1.165) is 6.42 Å². The first-order valence-electron chi connectivity index (χ1n) is 3.54. The molecule has 0 aromatic rings. The van der Waals surface area contributed by atoms with Crippen LogP contribution in [0.15, 0.2) is 0 Å². The number of hydrogen-bond acceptors (Lipinski definition) is 4. The van der Waals surface area contributed by atoms with Gasteiger partial charge < -0.3 is 9.84 Å². The summed E-state index contributed by atoms with van der Waals surface area (Å²) < 4.78 is 4.49. The van der Waals surface area contributed by atoms with Crippen LogP contribution in [-0.4, -0.2) is 28.9 Å². The van der Waals surface area contributed by atoms with E-state index in [0.29, 0.717) is 6.42 Å². The van der Waals surface area contributed by atoms with Gasteiger partial charge >= 0.3 is 12.2 Å². The fraction of sp³-hybridized carbons (Fsp3) is 0.667. The van der Waals surface area contributed by atoms with Crippen LogP contribution in [0, 0.1) is 0 Å². The molecule has 0 spiro atoms. The zero-order valence-corrected chi connectivity index (χ0v) is 6.82. The van der Waals surface area contributed by atoms with E-state index in [1.54, 1.807) is 0 Å². The van der Waals surface area contributed by atoms with E-state index in [1.165, 1.54) is 0 Å². The molecule has 0 bridgehead atoms. The Balaban J connectivity index is 3.65. The van der Waals surface area contributed by atoms with E-state index in [1.807, 2.05) is 6.92 Å². The molecule has 0 aliphatic heterocycles. The van der Waals surface area contributed by atoms with Crippen LogP contribution < -0.4 is 5.84 Å². The third-order valence-electron chi connectivity index (χ3n) is 1.13.